The molecule has 0 amide bonds. The van der Waals surface area contributed by atoms with Gasteiger partial charge < -0.3 is 14.7 Å². The first kappa shape index (κ1) is 17.0. The van der Waals surface area contributed by atoms with E-state index >= 15 is 0 Å². The first-order valence-electron chi connectivity index (χ1n) is 8.29. The van der Waals surface area contributed by atoms with Crippen LogP contribution in [0.2, 0.25) is 0 Å². The van der Waals surface area contributed by atoms with Crippen molar-refractivity contribution in [3.05, 3.63) is 36.2 Å². The van der Waals surface area contributed by atoms with Crippen molar-refractivity contribution >= 4 is 0 Å². The summed E-state index contributed by atoms with van der Waals surface area (Å²) < 4.78 is 7.07. The van der Waals surface area contributed by atoms with Crippen LogP contribution < -0.4 is 0 Å². The van der Waals surface area contributed by atoms with E-state index in [2.05, 4.69) is 15.0 Å². The molecular formula is C17H25N5O2. The molecule has 1 aliphatic carbocycles. The van der Waals surface area contributed by atoms with Crippen LogP contribution in [-0.4, -0.2) is 63.1 Å². The van der Waals surface area contributed by atoms with Gasteiger partial charge in [-0.3, -0.25) is 4.98 Å². The van der Waals surface area contributed by atoms with Crippen molar-refractivity contribution < 1.29 is 9.84 Å². The fraction of sp³-hybridized carbons (Fsp3) is 0.588. The summed E-state index contributed by atoms with van der Waals surface area (Å²) in [6, 6.07) is 4.00. The van der Waals surface area contributed by atoms with Crippen LogP contribution in [0.4, 0.5) is 0 Å². The minimum Gasteiger partial charge on any atom is -0.391 e. The van der Waals surface area contributed by atoms with Gasteiger partial charge in [-0.25, -0.2) is 9.67 Å². The Morgan fingerprint density at radius 1 is 1.38 bits per heavy atom. The minimum absolute atomic E-state index is 0.133. The van der Waals surface area contributed by atoms with Crippen LogP contribution in [0.5, 0.6) is 0 Å². The number of pyridine rings is 1. The fourth-order valence-electron chi connectivity index (χ4n) is 3.41. The van der Waals surface area contributed by atoms with E-state index in [-0.39, 0.29) is 18.1 Å². The SMILES string of the molecule is COCc1nc([C@H]2CC[C@@H](O)[C@H](N(C)C)C2)n(-c2cccnc2)n1. The highest BCUT2D eigenvalue weighted by atomic mass is 16.5. The Hall–Kier alpha value is -1.83. The van der Waals surface area contributed by atoms with Gasteiger partial charge in [0.2, 0.25) is 0 Å². The highest BCUT2D eigenvalue weighted by molar-refractivity contribution is 5.29. The summed E-state index contributed by atoms with van der Waals surface area (Å²) in [5, 5.41) is 14.9. The van der Waals surface area contributed by atoms with Gasteiger partial charge in [0.15, 0.2) is 5.82 Å². The molecule has 1 fully saturated rings. The largest absolute Gasteiger partial charge is 0.391 e. The van der Waals surface area contributed by atoms with Crippen LogP contribution in [0.15, 0.2) is 24.5 Å². The number of aliphatic hydroxyl groups excluding tert-OH is 1. The fourth-order valence-corrected chi connectivity index (χ4v) is 3.41. The molecule has 0 bridgehead atoms. The van der Waals surface area contributed by atoms with Crippen LogP contribution in [0.25, 0.3) is 5.69 Å². The molecule has 0 aromatic carbocycles. The first-order chi connectivity index (χ1) is 11.6. The van der Waals surface area contributed by atoms with Crippen LogP contribution in [-0.2, 0) is 11.3 Å². The Labute approximate surface area is 142 Å². The highest BCUT2D eigenvalue weighted by Crippen LogP contribution is 2.34. The molecule has 2 aromatic rings. The van der Waals surface area contributed by atoms with Gasteiger partial charge in [0.1, 0.15) is 12.4 Å². The summed E-state index contributed by atoms with van der Waals surface area (Å²) in [5.41, 5.74) is 0.898. The van der Waals surface area contributed by atoms with E-state index in [0.29, 0.717) is 12.4 Å². The van der Waals surface area contributed by atoms with Gasteiger partial charge in [-0.2, -0.15) is 0 Å². The molecule has 3 atom stereocenters. The number of hydrogen-bond donors (Lipinski definition) is 1. The van der Waals surface area contributed by atoms with Crippen LogP contribution in [0.1, 0.15) is 36.8 Å². The summed E-state index contributed by atoms with van der Waals surface area (Å²) in [7, 11) is 5.67. The molecule has 0 saturated heterocycles. The Kier molecular flexibility index (Phi) is 5.23. The van der Waals surface area contributed by atoms with Crippen LogP contribution in [0, 0.1) is 0 Å². The van der Waals surface area contributed by atoms with E-state index < -0.39 is 0 Å². The molecule has 3 rings (SSSR count). The molecule has 24 heavy (non-hydrogen) atoms. The third kappa shape index (κ3) is 3.48. The normalized spacial score (nSPS) is 24.5. The van der Waals surface area contributed by atoms with Gasteiger partial charge in [0, 0.05) is 25.3 Å². The monoisotopic (exact) mass is 331 g/mol. The average molecular weight is 331 g/mol. The van der Waals surface area contributed by atoms with Crippen molar-refractivity contribution in [2.75, 3.05) is 21.2 Å². The van der Waals surface area contributed by atoms with Gasteiger partial charge in [0.05, 0.1) is 18.0 Å². The lowest BCUT2D eigenvalue weighted by molar-refractivity contribution is 0.0352. The molecule has 1 aliphatic rings. The van der Waals surface area contributed by atoms with Crippen LogP contribution in [0.3, 0.4) is 0 Å². The quantitative estimate of drug-likeness (QED) is 0.892. The zero-order valence-corrected chi connectivity index (χ0v) is 14.5. The third-order valence-corrected chi connectivity index (χ3v) is 4.65. The maximum absolute atomic E-state index is 10.3. The Bertz CT molecular complexity index is 658. The summed E-state index contributed by atoms with van der Waals surface area (Å²) >= 11 is 0. The van der Waals surface area contributed by atoms with Gasteiger partial charge in [-0.05, 0) is 45.5 Å². The summed E-state index contributed by atoms with van der Waals surface area (Å²) in [5.74, 6) is 1.84. The highest BCUT2D eigenvalue weighted by Gasteiger charge is 2.34. The molecule has 2 heterocycles. The number of nitrogens with zero attached hydrogens (tertiary/aromatic N) is 5. The van der Waals surface area contributed by atoms with E-state index in [1.807, 2.05) is 30.9 Å². The Balaban J connectivity index is 1.94. The lowest BCUT2D eigenvalue weighted by Gasteiger charge is -2.36. The van der Waals surface area contributed by atoms with E-state index in [4.69, 9.17) is 9.72 Å². The van der Waals surface area contributed by atoms with Crippen molar-refractivity contribution in [3.8, 4) is 5.69 Å². The molecular weight excluding hydrogens is 306 g/mol. The number of likely N-dealkylation sites (N-methyl/N-ethyl adjacent to an activating group) is 1. The second-order valence-corrected chi connectivity index (χ2v) is 6.55. The Morgan fingerprint density at radius 3 is 2.88 bits per heavy atom. The molecule has 7 nitrogen and oxygen atoms in total. The van der Waals surface area contributed by atoms with E-state index in [1.54, 1.807) is 19.5 Å². The average Bonchev–Trinajstić information content (AvgIpc) is 3.00. The van der Waals surface area contributed by atoms with Gasteiger partial charge in [-0.1, -0.05) is 0 Å². The molecule has 130 valence electrons. The summed E-state index contributed by atoms with van der Waals surface area (Å²) in [6.07, 6.45) is 5.78. The zero-order valence-electron chi connectivity index (χ0n) is 14.5. The second kappa shape index (κ2) is 7.38. The maximum Gasteiger partial charge on any atom is 0.176 e. The van der Waals surface area contributed by atoms with Crippen LogP contribution >= 0.6 is 0 Å². The Morgan fingerprint density at radius 2 is 2.21 bits per heavy atom. The number of rotatable bonds is 5. The molecule has 1 saturated carbocycles. The smallest absolute Gasteiger partial charge is 0.176 e. The maximum atomic E-state index is 10.3. The minimum atomic E-state index is -0.288. The second-order valence-electron chi connectivity index (χ2n) is 6.55. The van der Waals surface area contributed by atoms with Crippen molar-refractivity contribution in [3.63, 3.8) is 0 Å². The number of methoxy groups -OCH3 is 1. The molecule has 0 unspecified atom stereocenters. The topological polar surface area (TPSA) is 76.3 Å². The zero-order chi connectivity index (χ0) is 17.1. The number of aliphatic hydroxyl groups is 1. The molecule has 2 aromatic heterocycles. The summed E-state index contributed by atoms with van der Waals surface area (Å²) in [4.78, 5) is 11.0. The number of ether oxygens (including phenoxy) is 1. The van der Waals surface area contributed by atoms with Crippen molar-refractivity contribution in [2.45, 2.75) is 43.9 Å². The van der Waals surface area contributed by atoms with Gasteiger partial charge in [0.25, 0.3) is 0 Å². The van der Waals surface area contributed by atoms with E-state index in [0.717, 1.165) is 30.8 Å². The molecule has 0 spiro atoms. The predicted molar refractivity (Wildman–Crippen MR) is 89.9 cm³/mol. The number of hydrogen-bond acceptors (Lipinski definition) is 6. The lowest BCUT2D eigenvalue weighted by Crippen LogP contribution is -2.43. The third-order valence-electron chi connectivity index (χ3n) is 4.65. The molecule has 0 radical (unpaired) electrons. The van der Waals surface area contributed by atoms with E-state index in [1.165, 1.54) is 0 Å². The standard InChI is InChI=1S/C17H25N5O2/c1-21(2)14-9-12(6-7-15(14)23)17-19-16(11-24-3)20-22(17)13-5-4-8-18-10-13/h4-5,8,10,12,14-15,23H,6-7,9,11H2,1-3H3/t12-,14+,15+/m0/s1. The summed E-state index contributed by atoms with van der Waals surface area (Å²) in [6.45, 7) is 0.382. The number of aromatic nitrogens is 4. The van der Waals surface area contributed by atoms with Crippen molar-refractivity contribution in [1.29, 1.82) is 0 Å². The molecule has 7 heteroatoms. The van der Waals surface area contributed by atoms with Gasteiger partial charge in [-0.15, -0.1) is 5.10 Å². The lowest BCUT2D eigenvalue weighted by atomic mass is 9.82. The van der Waals surface area contributed by atoms with E-state index in [9.17, 15) is 5.11 Å². The van der Waals surface area contributed by atoms with Crippen molar-refractivity contribution in [2.24, 2.45) is 0 Å². The predicted octanol–water partition coefficient (Wildman–Crippen LogP) is 1.37. The van der Waals surface area contributed by atoms with Crippen molar-refractivity contribution in [1.82, 2.24) is 24.6 Å². The first-order valence-corrected chi connectivity index (χ1v) is 8.29. The molecule has 1 N–H and O–H groups in total. The van der Waals surface area contributed by atoms with Gasteiger partial charge >= 0.3 is 0 Å². The molecule has 0 aliphatic heterocycles.